The summed E-state index contributed by atoms with van der Waals surface area (Å²) in [7, 11) is -3.62. The molecule has 2 aromatic carbocycles. The van der Waals surface area contributed by atoms with Crippen LogP contribution in [0.5, 0.6) is 0 Å². The van der Waals surface area contributed by atoms with Gasteiger partial charge in [-0.3, -0.25) is 10.1 Å². The quantitative estimate of drug-likeness (QED) is 0.638. The Balaban J connectivity index is 2.28. The molecular formula is C15H13F3N2O4S. The van der Waals surface area contributed by atoms with E-state index in [-0.39, 0.29) is 22.7 Å². The molecule has 0 aromatic heterocycles. The number of rotatable bonds is 5. The average molecular weight is 374 g/mol. The summed E-state index contributed by atoms with van der Waals surface area (Å²) in [5.41, 5.74) is -1.02. The number of sulfone groups is 1. The Labute approximate surface area is 141 Å². The predicted octanol–water partition coefficient (Wildman–Crippen LogP) is 3.63. The highest BCUT2D eigenvalue weighted by molar-refractivity contribution is 7.90. The second-order valence-corrected chi connectivity index (χ2v) is 7.28. The zero-order valence-electron chi connectivity index (χ0n) is 12.9. The summed E-state index contributed by atoms with van der Waals surface area (Å²) < 4.78 is 61.0. The lowest BCUT2D eigenvalue weighted by molar-refractivity contribution is -0.384. The molecule has 0 spiro atoms. The van der Waals surface area contributed by atoms with Crippen LogP contribution in [0.2, 0.25) is 0 Å². The number of alkyl halides is 3. The van der Waals surface area contributed by atoms with E-state index < -0.39 is 32.2 Å². The Kier molecular flexibility index (Phi) is 5.02. The molecule has 2 aromatic rings. The number of hydrogen-bond acceptors (Lipinski definition) is 5. The SMILES string of the molecule is CS(=O)(=O)c1ccc(NCc2cccc(C(F)(F)F)c2)c([N+](=O)[O-])c1. The summed E-state index contributed by atoms with van der Waals surface area (Å²) in [5, 5.41) is 13.8. The van der Waals surface area contributed by atoms with Gasteiger partial charge in [-0.2, -0.15) is 13.2 Å². The van der Waals surface area contributed by atoms with Gasteiger partial charge in [0.25, 0.3) is 5.69 Å². The van der Waals surface area contributed by atoms with Crippen LogP contribution in [-0.4, -0.2) is 19.6 Å². The van der Waals surface area contributed by atoms with Gasteiger partial charge in [0.2, 0.25) is 0 Å². The molecule has 0 heterocycles. The van der Waals surface area contributed by atoms with Crippen molar-refractivity contribution in [3.8, 4) is 0 Å². The van der Waals surface area contributed by atoms with E-state index in [1.54, 1.807) is 0 Å². The Morgan fingerprint density at radius 2 is 1.84 bits per heavy atom. The largest absolute Gasteiger partial charge is 0.416 e. The third-order valence-electron chi connectivity index (χ3n) is 3.33. The fourth-order valence-electron chi connectivity index (χ4n) is 2.10. The molecule has 0 fully saturated rings. The molecule has 0 aliphatic carbocycles. The Bertz CT molecular complexity index is 911. The molecule has 0 unspecified atom stereocenters. The first-order valence-electron chi connectivity index (χ1n) is 6.87. The first-order valence-corrected chi connectivity index (χ1v) is 8.76. The van der Waals surface area contributed by atoms with Crippen LogP contribution in [0.3, 0.4) is 0 Å². The van der Waals surface area contributed by atoms with E-state index in [0.29, 0.717) is 0 Å². The number of nitro benzene ring substituents is 1. The molecule has 0 radical (unpaired) electrons. The maximum absolute atomic E-state index is 12.7. The molecule has 0 atom stereocenters. The normalized spacial score (nSPS) is 12.0. The first kappa shape index (κ1) is 18.7. The fourth-order valence-corrected chi connectivity index (χ4v) is 2.74. The number of halogens is 3. The molecule has 10 heteroatoms. The van der Waals surface area contributed by atoms with E-state index in [9.17, 15) is 31.7 Å². The molecule has 6 nitrogen and oxygen atoms in total. The second-order valence-electron chi connectivity index (χ2n) is 5.26. The standard InChI is InChI=1S/C15H13F3N2O4S/c1-25(23,24)12-5-6-13(14(8-12)20(21)22)19-9-10-3-2-4-11(7-10)15(16,17)18/h2-8,19H,9H2,1H3. The minimum atomic E-state index is -4.49. The highest BCUT2D eigenvalue weighted by Crippen LogP contribution is 2.31. The summed E-state index contributed by atoms with van der Waals surface area (Å²) in [6, 6.07) is 7.85. The fraction of sp³-hybridized carbons (Fsp3) is 0.200. The highest BCUT2D eigenvalue weighted by Gasteiger charge is 2.30. The predicted molar refractivity (Wildman–Crippen MR) is 85.0 cm³/mol. The molecule has 0 aliphatic heterocycles. The van der Waals surface area contributed by atoms with Crippen molar-refractivity contribution in [2.75, 3.05) is 11.6 Å². The first-order chi connectivity index (χ1) is 11.5. The van der Waals surface area contributed by atoms with Crippen molar-refractivity contribution < 1.29 is 26.5 Å². The van der Waals surface area contributed by atoms with Gasteiger partial charge in [-0.15, -0.1) is 0 Å². The van der Waals surface area contributed by atoms with Crippen LogP contribution in [0.1, 0.15) is 11.1 Å². The van der Waals surface area contributed by atoms with Crippen molar-refractivity contribution in [3.63, 3.8) is 0 Å². The highest BCUT2D eigenvalue weighted by atomic mass is 32.2. The maximum Gasteiger partial charge on any atom is 0.416 e. The van der Waals surface area contributed by atoms with Gasteiger partial charge in [0.05, 0.1) is 15.4 Å². The van der Waals surface area contributed by atoms with Crippen molar-refractivity contribution in [2.45, 2.75) is 17.6 Å². The van der Waals surface area contributed by atoms with Crippen molar-refractivity contribution in [1.82, 2.24) is 0 Å². The van der Waals surface area contributed by atoms with Gasteiger partial charge in [-0.25, -0.2) is 8.42 Å². The number of nitrogens with zero attached hydrogens (tertiary/aromatic N) is 1. The number of nitro groups is 1. The van der Waals surface area contributed by atoms with Crippen molar-refractivity contribution in [3.05, 3.63) is 63.7 Å². The van der Waals surface area contributed by atoms with E-state index in [1.165, 1.54) is 24.3 Å². The van der Waals surface area contributed by atoms with Gasteiger partial charge in [-0.1, -0.05) is 12.1 Å². The third-order valence-corrected chi connectivity index (χ3v) is 4.44. The van der Waals surface area contributed by atoms with E-state index >= 15 is 0 Å². The molecule has 134 valence electrons. The van der Waals surface area contributed by atoms with Crippen LogP contribution in [-0.2, 0) is 22.6 Å². The molecular weight excluding hydrogens is 361 g/mol. The number of hydrogen-bond donors (Lipinski definition) is 1. The van der Waals surface area contributed by atoms with Crippen LogP contribution >= 0.6 is 0 Å². The lowest BCUT2D eigenvalue weighted by Gasteiger charge is -2.11. The van der Waals surface area contributed by atoms with E-state index in [0.717, 1.165) is 24.5 Å². The van der Waals surface area contributed by atoms with Gasteiger partial charge < -0.3 is 5.32 Å². The molecule has 25 heavy (non-hydrogen) atoms. The summed E-state index contributed by atoms with van der Waals surface area (Å²) in [5.74, 6) is 0. The average Bonchev–Trinajstić information content (AvgIpc) is 2.51. The van der Waals surface area contributed by atoms with Gasteiger partial charge in [0.15, 0.2) is 9.84 Å². The number of anilines is 1. The zero-order chi connectivity index (χ0) is 18.8. The van der Waals surface area contributed by atoms with Gasteiger partial charge in [-0.05, 0) is 29.8 Å². The molecule has 0 saturated heterocycles. The van der Waals surface area contributed by atoms with Crippen molar-refractivity contribution >= 4 is 21.2 Å². The molecule has 0 bridgehead atoms. The zero-order valence-corrected chi connectivity index (χ0v) is 13.7. The minimum Gasteiger partial charge on any atom is -0.375 e. The van der Waals surface area contributed by atoms with Crippen LogP contribution in [0.25, 0.3) is 0 Å². The Morgan fingerprint density at radius 3 is 2.40 bits per heavy atom. The Hall–Kier alpha value is -2.62. The molecule has 0 amide bonds. The number of nitrogens with one attached hydrogen (secondary N) is 1. The summed E-state index contributed by atoms with van der Waals surface area (Å²) in [6.07, 6.45) is -3.57. The minimum absolute atomic E-state index is 0.00908. The topological polar surface area (TPSA) is 89.3 Å². The van der Waals surface area contributed by atoms with Crippen LogP contribution in [0, 0.1) is 10.1 Å². The van der Waals surface area contributed by atoms with Crippen LogP contribution in [0.15, 0.2) is 47.4 Å². The van der Waals surface area contributed by atoms with Gasteiger partial charge in [0, 0.05) is 18.9 Å². The monoisotopic (exact) mass is 374 g/mol. The smallest absolute Gasteiger partial charge is 0.375 e. The lowest BCUT2D eigenvalue weighted by atomic mass is 10.1. The summed E-state index contributed by atoms with van der Waals surface area (Å²) in [6.45, 7) is -0.0943. The second kappa shape index (κ2) is 6.71. The lowest BCUT2D eigenvalue weighted by Crippen LogP contribution is -2.08. The summed E-state index contributed by atoms with van der Waals surface area (Å²) in [4.78, 5) is 10.1. The number of benzene rings is 2. The molecule has 2 rings (SSSR count). The van der Waals surface area contributed by atoms with Gasteiger partial charge in [0.1, 0.15) is 5.69 Å². The van der Waals surface area contributed by atoms with Crippen molar-refractivity contribution in [2.24, 2.45) is 0 Å². The van der Waals surface area contributed by atoms with Crippen LogP contribution in [0.4, 0.5) is 24.5 Å². The Morgan fingerprint density at radius 1 is 1.16 bits per heavy atom. The molecule has 0 aliphatic rings. The van der Waals surface area contributed by atoms with Crippen LogP contribution < -0.4 is 5.32 Å². The van der Waals surface area contributed by atoms with E-state index in [4.69, 9.17) is 0 Å². The molecule has 0 saturated carbocycles. The van der Waals surface area contributed by atoms with E-state index in [2.05, 4.69) is 5.32 Å². The van der Waals surface area contributed by atoms with E-state index in [1.807, 2.05) is 0 Å². The molecule has 1 N–H and O–H groups in total. The summed E-state index contributed by atoms with van der Waals surface area (Å²) >= 11 is 0. The third kappa shape index (κ3) is 4.69. The van der Waals surface area contributed by atoms with Gasteiger partial charge >= 0.3 is 6.18 Å². The van der Waals surface area contributed by atoms with Crippen molar-refractivity contribution in [1.29, 1.82) is 0 Å². The maximum atomic E-state index is 12.7.